The van der Waals surface area contributed by atoms with Crippen molar-refractivity contribution in [2.45, 2.75) is 26.0 Å². The molecule has 0 bridgehead atoms. The summed E-state index contributed by atoms with van der Waals surface area (Å²) in [5, 5.41) is 0. The molecule has 0 aromatic heterocycles. The molecule has 0 spiro atoms. The molecule has 1 heterocycles. The lowest BCUT2D eigenvalue weighted by atomic mass is 9.92. The van der Waals surface area contributed by atoms with Crippen LogP contribution in [0, 0.1) is 11.8 Å². The minimum Gasteiger partial charge on any atom is -0.349 e. The van der Waals surface area contributed by atoms with E-state index in [1.54, 1.807) is 19.0 Å². The van der Waals surface area contributed by atoms with E-state index in [4.69, 9.17) is 9.47 Å². The summed E-state index contributed by atoms with van der Waals surface area (Å²) in [6.07, 6.45) is -0.0471. The number of amides is 1. The fraction of sp³-hybridized carbons (Fsp3) is 0.909. The summed E-state index contributed by atoms with van der Waals surface area (Å²) < 4.78 is 11.6. The van der Waals surface area contributed by atoms with Crippen LogP contribution in [0.15, 0.2) is 0 Å². The summed E-state index contributed by atoms with van der Waals surface area (Å²) in [6, 6.07) is -0.159. The van der Waals surface area contributed by atoms with Crippen molar-refractivity contribution >= 4 is 22.4 Å². The van der Waals surface area contributed by atoms with Crippen molar-refractivity contribution in [3.63, 3.8) is 0 Å². The standard InChI is InChI=1S/C11H23NO3P2/c1-7-6-14-11(17(5)16)15-9(7)8(2)10(13)12(3)4/h7-9,11H,6,16H2,1-5H3/t7-,8+,9-,11?,17?/m0/s1. The van der Waals surface area contributed by atoms with Crippen molar-refractivity contribution in [2.75, 3.05) is 27.4 Å². The van der Waals surface area contributed by atoms with Crippen LogP contribution < -0.4 is 0 Å². The SMILES string of the molecule is C[C@H]1COC(P(C)P)O[C@@H]1[C@@H](C)C(=O)N(C)C. The predicted molar refractivity (Wildman–Crippen MR) is 74.2 cm³/mol. The molecule has 0 aromatic carbocycles. The van der Waals surface area contributed by atoms with Gasteiger partial charge in [-0.2, -0.15) is 0 Å². The maximum Gasteiger partial charge on any atom is 0.227 e. The molecule has 6 heteroatoms. The Morgan fingerprint density at radius 2 is 2.12 bits per heavy atom. The number of hydrogen-bond acceptors (Lipinski definition) is 3. The Bertz CT molecular complexity index is 273. The maximum absolute atomic E-state index is 12.0. The molecule has 1 rings (SSSR count). The molecule has 0 aliphatic carbocycles. The van der Waals surface area contributed by atoms with Crippen LogP contribution in [0.2, 0.25) is 0 Å². The van der Waals surface area contributed by atoms with Gasteiger partial charge in [-0.25, -0.2) is 0 Å². The number of nitrogens with zero attached hydrogens (tertiary/aromatic N) is 1. The number of ether oxygens (including phenoxy) is 2. The third-order valence-corrected chi connectivity index (χ3v) is 4.66. The molecular formula is C11H23NO3P2. The van der Waals surface area contributed by atoms with E-state index in [0.29, 0.717) is 6.61 Å². The summed E-state index contributed by atoms with van der Waals surface area (Å²) in [4.78, 5) is 13.6. The van der Waals surface area contributed by atoms with Crippen molar-refractivity contribution in [3.05, 3.63) is 0 Å². The highest BCUT2D eigenvalue weighted by molar-refractivity contribution is 8.13. The van der Waals surface area contributed by atoms with Gasteiger partial charge in [0.2, 0.25) is 5.91 Å². The van der Waals surface area contributed by atoms with Gasteiger partial charge in [-0.1, -0.05) is 13.8 Å². The van der Waals surface area contributed by atoms with Gasteiger partial charge < -0.3 is 14.4 Å². The largest absolute Gasteiger partial charge is 0.349 e. The Kier molecular flexibility index (Phi) is 5.79. The van der Waals surface area contributed by atoms with Gasteiger partial charge in [0.05, 0.1) is 18.6 Å². The molecule has 0 aromatic rings. The second kappa shape index (κ2) is 6.43. The maximum atomic E-state index is 12.0. The van der Waals surface area contributed by atoms with Crippen LogP contribution in [-0.2, 0) is 14.3 Å². The first-order chi connectivity index (χ1) is 7.84. The van der Waals surface area contributed by atoms with E-state index in [1.165, 1.54) is 0 Å². The lowest BCUT2D eigenvalue weighted by molar-refractivity contribution is -0.205. The van der Waals surface area contributed by atoms with Gasteiger partial charge in [-0.15, -0.1) is 8.93 Å². The third kappa shape index (κ3) is 3.86. The van der Waals surface area contributed by atoms with Gasteiger partial charge in [0.1, 0.15) is 0 Å². The Hall–Kier alpha value is 0.250. The summed E-state index contributed by atoms with van der Waals surface area (Å²) in [6.45, 7) is 6.77. The zero-order chi connectivity index (χ0) is 13.2. The normalized spacial score (nSPS) is 32.9. The molecule has 1 amide bonds. The van der Waals surface area contributed by atoms with Gasteiger partial charge in [-0.3, -0.25) is 4.79 Å². The van der Waals surface area contributed by atoms with E-state index in [0.717, 1.165) is 0 Å². The fourth-order valence-electron chi connectivity index (χ4n) is 2.01. The monoisotopic (exact) mass is 279 g/mol. The zero-order valence-corrected chi connectivity index (χ0v) is 13.3. The summed E-state index contributed by atoms with van der Waals surface area (Å²) >= 11 is 0. The summed E-state index contributed by atoms with van der Waals surface area (Å²) in [7, 11) is 5.93. The van der Waals surface area contributed by atoms with Crippen LogP contribution in [-0.4, -0.2) is 50.3 Å². The molecule has 1 fully saturated rings. The average molecular weight is 279 g/mol. The first-order valence-corrected chi connectivity index (χ1v) is 9.28. The Labute approximate surface area is 107 Å². The van der Waals surface area contributed by atoms with E-state index in [9.17, 15) is 4.79 Å². The lowest BCUT2D eigenvalue weighted by Gasteiger charge is -2.39. The molecule has 1 saturated heterocycles. The van der Waals surface area contributed by atoms with Crippen LogP contribution in [0.1, 0.15) is 13.8 Å². The van der Waals surface area contributed by atoms with Gasteiger partial charge >= 0.3 is 0 Å². The highest BCUT2D eigenvalue weighted by Gasteiger charge is 2.37. The van der Waals surface area contributed by atoms with Crippen molar-refractivity contribution in [3.8, 4) is 0 Å². The fourth-order valence-corrected chi connectivity index (χ4v) is 3.13. The minimum absolute atomic E-state index is 0.0471. The smallest absolute Gasteiger partial charge is 0.227 e. The minimum atomic E-state index is -0.376. The number of carbonyl (C=O) groups is 1. The van der Waals surface area contributed by atoms with E-state index in [1.807, 2.05) is 6.92 Å². The molecule has 17 heavy (non-hydrogen) atoms. The average Bonchev–Trinajstić information content (AvgIpc) is 2.27. The van der Waals surface area contributed by atoms with Crippen LogP contribution in [0.3, 0.4) is 0 Å². The Balaban J connectivity index is 2.69. The molecule has 3 unspecified atom stereocenters. The van der Waals surface area contributed by atoms with Gasteiger partial charge in [0.15, 0.2) is 6.03 Å². The van der Waals surface area contributed by atoms with Crippen molar-refractivity contribution in [1.29, 1.82) is 0 Å². The van der Waals surface area contributed by atoms with Gasteiger partial charge in [0.25, 0.3) is 0 Å². The third-order valence-electron chi connectivity index (χ3n) is 2.99. The highest BCUT2D eigenvalue weighted by atomic mass is 32.0. The van der Waals surface area contributed by atoms with E-state index in [2.05, 4.69) is 22.5 Å². The first-order valence-electron chi connectivity index (χ1n) is 5.80. The number of hydrogen-bond donors (Lipinski definition) is 0. The van der Waals surface area contributed by atoms with Crippen molar-refractivity contribution in [1.82, 2.24) is 4.90 Å². The van der Waals surface area contributed by atoms with Crippen molar-refractivity contribution in [2.24, 2.45) is 11.8 Å². The van der Waals surface area contributed by atoms with Crippen LogP contribution in [0.25, 0.3) is 0 Å². The summed E-state index contributed by atoms with van der Waals surface area (Å²) in [5.74, 6) is 0.253. The van der Waals surface area contributed by atoms with E-state index >= 15 is 0 Å². The second-order valence-corrected chi connectivity index (χ2v) is 9.10. The highest BCUT2D eigenvalue weighted by Crippen LogP contribution is 2.49. The molecule has 0 radical (unpaired) electrons. The number of carbonyl (C=O) groups excluding carboxylic acids is 1. The Morgan fingerprint density at radius 1 is 1.53 bits per heavy atom. The Morgan fingerprint density at radius 3 is 2.59 bits per heavy atom. The molecular weight excluding hydrogens is 256 g/mol. The topological polar surface area (TPSA) is 38.8 Å². The van der Waals surface area contributed by atoms with Crippen LogP contribution in [0.4, 0.5) is 0 Å². The van der Waals surface area contributed by atoms with Gasteiger partial charge in [0, 0.05) is 20.0 Å². The molecule has 1 aliphatic rings. The zero-order valence-electron chi connectivity index (χ0n) is 11.2. The molecule has 0 saturated carbocycles. The quantitative estimate of drug-likeness (QED) is 0.741. The van der Waals surface area contributed by atoms with E-state index in [-0.39, 0.29) is 37.5 Å². The molecule has 6 atom stereocenters. The molecule has 1 aliphatic heterocycles. The van der Waals surface area contributed by atoms with Crippen LogP contribution in [0.5, 0.6) is 0 Å². The first kappa shape index (κ1) is 15.3. The number of rotatable bonds is 3. The molecule has 100 valence electrons. The molecule has 4 nitrogen and oxygen atoms in total. The predicted octanol–water partition coefficient (Wildman–Crippen LogP) is 1.95. The van der Waals surface area contributed by atoms with E-state index < -0.39 is 0 Å². The van der Waals surface area contributed by atoms with Crippen molar-refractivity contribution < 1.29 is 14.3 Å². The van der Waals surface area contributed by atoms with Crippen LogP contribution >= 0.6 is 16.5 Å². The molecule has 0 N–H and O–H groups in total. The van der Waals surface area contributed by atoms with Gasteiger partial charge in [-0.05, 0) is 14.3 Å². The second-order valence-electron chi connectivity index (χ2n) is 4.91. The lowest BCUT2D eigenvalue weighted by Crippen LogP contribution is -2.46. The summed E-state index contributed by atoms with van der Waals surface area (Å²) in [5.41, 5.74) is 0.